The van der Waals surface area contributed by atoms with Crippen LogP contribution in [0.15, 0.2) is 40.4 Å². The number of aromatic nitrogens is 4. The summed E-state index contributed by atoms with van der Waals surface area (Å²) in [4.78, 5) is 24.3. The maximum absolute atomic E-state index is 11.3. The Morgan fingerprint density at radius 1 is 1.25 bits per heavy atom. The molecule has 11 heteroatoms. The molecule has 4 N–H and O–H groups in total. The van der Waals surface area contributed by atoms with Crippen molar-refractivity contribution in [1.82, 2.24) is 20.2 Å². The summed E-state index contributed by atoms with van der Waals surface area (Å²) in [5.41, 5.74) is 1.66. The number of aromatic amines is 1. The second kappa shape index (κ2) is 10.4. The third-order valence-electron chi connectivity index (χ3n) is 6.68. The quantitative estimate of drug-likeness (QED) is 0.348. The third kappa shape index (κ3) is 5.26. The van der Waals surface area contributed by atoms with E-state index in [0.29, 0.717) is 22.5 Å². The number of nitrogens with one attached hydrogen (secondary N) is 3. The van der Waals surface area contributed by atoms with Crippen molar-refractivity contribution in [3.8, 4) is 5.75 Å². The molecule has 3 aromatic rings. The molecular weight excluding hydrogens is 478 g/mol. The number of anilines is 4. The second-order valence-corrected chi connectivity index (χ2v) is 10.4. The van der Waals surface area contributed by atoms with E-state index in [1.165, 1.54) is 18.7 Å². The first-order chi connectivity index (χ1) is 17.4. The third-order valence-corrected chi connectivity index (χ3v) is 7.55. The lowest BCUT2D eigenvalue weighted by Crippen LogP contribution is -2.48. The number of rotatable bonds is 7. The van der Waals surface area contributed by atoms with Gasteiger partial charge in [0.25, 0.3) is 0 Å². The van der Waals surface area contributed by atoms with Crippen molar-refractivity contribution in [2.75, 3.05) is 29.2 Å². The first-order valence-corrected chi connectivity index (χ1v) is 13.0. The van der Waals surface area contributed by atoms with Crippen LogP contribution in [0.3, 0.4) is 0 Å². The van der Waals surface area contributed by atoms with Crippen molar-refractivity contribution in [2.45, 2.75) is 61.7 Å². The Bertz CT molecular complexity index is 1230. The van der Waals surface area contributed by atoms with E-state index in [1.54, 1.807) is 7.11 Å². The molecule has 3 fully saturated rings. The standard InChI is InChI=1S/C25H31N7O3S/c1-14-11-21(31-30-14)27-23-22(35-3)24(32-13-16-5-4-6-18(32)12-20(16)34)29-25(28-23)36-19-9-7-17(8-10-19)26-15(2)33/h7-11,16,18,20,34H,4-6,12-13H2,1-3H3,(H,26,33)(H2,27,28,29,30,31). The fourth-order valence-corrected chi connectivity index (χ4v) is 5.76. The Kier molecular flexibility index (Phi) is 7.01. The predicted octanol–water partition coefficient (Wildman–Crippen LogP) is 4.11. The van der Waals surface area contributed by atoms with Gasteiger partial charge in [-0.15, -0.1) is 0 Å². The highest BCUT2D eigenvalue weighted by molar-refractivity contribution is 7.99. The van der Waals surface area contributed by atoms with Crippen molar-refractivity contribution in [3.05, 3.63) is 36.0 Å². The van der Waals surface area contributed by atoms with Crippen LogP contribution in [0.4, 0.5) is 23.1 Å². The molecule has 1 amide bonds. The largest absolute Gasteiger partial charge is 0.490 e. The number of carbonyl (C=O) groups is 1. The average molecular weight is 510 g/mol. The summed E-state index contributed by atoms with van der Waals surface area (Å²) in [6, 6.07) is 9.66. The fourth-order valence-electron chi connectivity index (χ4n) is 5.00. The molecule has 6 rings (SSSR count). The molecule has 2 aromatic heterocycles. The molecule has 0 spiro atoms. The van der Waals surface area contributed by atoms with Crippen molar-refractivity contribution in [1.29, 1.82) is 0 Å². The van der Waals surface area contributed by atoms with E-state index in [9.17, 15) is 9.90 Å². The minimum atomic E-state index is -0.276. The van der Waals surface area contributed by atoms with E-state index in [-0.39, 0.29) is 24.0 Å². The summed E-state index contributed by atoms with van der Waals surface area (Å²) < 4.78 is 5.86. The summed E-state index contributed by atoms with van der Waals surface area (Å²) in [6.07, 6.45) is 3.57. The van der Waals surface area contributed by atoms with Crippen molar-refractivity contribution in [2.24, 2.45) is 5.92 Å². The summed E-state index contributed by atoms with van der Waals surface area (Å²) in [5.74, 6) is 2.56. The van der Waals surface area contributed by atoms with Gasteiger partial charge >= 0.3 is 0 Å². The zero-order chi connectivity index (χ0) is 25.2. The minimum Gasteiger partial charge on any atom is -0.490 e. The number of methoxy groups -OCH3 is 1. The van der Waals surface area contributed by atoms with Crippen LogP contribution in [0.25, 0.3) is 0 Å². The molecule has 1 aliphatic carbocycles. The molecule has 2 aliphatic heterocycles. The monoisotopic (exact) mass is 509 g/mol. The number of hydrogen-bond acceptors (Lipinski definition) is 9. The van der Waals surface area contributed by atoms with Crippen molar-refractivity contribution in [3.63, 3.8) is 0 Å². The van der Waals surface area contributed by atoms with Gasteiger partial charge in [-0.1, -0.05) is 6.42 Å². The van der Waals surface area contributed by atoms with Gasteiger partial charge in [-0.2, -0.15) is 5.10 Å². The maximum Gasteiger partial charge on any atom is 0.221 e. The summed E-state index contributed by atoms with van der Waals surface area (Å²) in [5, 5.41) is 24.5. The number of benzene rings is 1. The van der Waals surface area contributed by atoms with E-state index in [1.807, 2.05) is 37.3 Å². The highest BCUT2D eigenvalue weighted by atomic mass is 32.2. The lowest BCUT2D eigenvalue weighted by molar-refractivity contribution is -0.114. The molecule has 3 aliphatic rings. The van der Waals surface area contributed by atoms with Gasteiger partial charge in [0, 0.05) is 47.8 Å². The van der Waals surface area contributed by atoms with E-state index in [2.05, 4.69) is 25.7 Å². The smallest absolute Gasteiger partial charge is 0.221 e. The molecule has 4 heterocycles. The van der Waals surface area contributed by atoms with Gasteiger partial charge in [-0.25, -0.2) is 9.97 Å². The van der Waals surface area contributed by atoms with Crippen LogP contribution >= 0.6 is 11.8 Å². The number of H-pyrrole nitrogens is 1. The maximum atomic E-state index is 11.3. The Hall–Kier alpha value is -3.31. The fraction of sp³-hybridized carbons (Fsp3) is 0.440. The summed E-state index contributed by atoms with van der Waals surface area (Å²) in [6.45, 7) is 4.15. The average Bonchev–Trinajstić information content (AvgIpc) is 3.03. The van der Waals surface area contributed by atoms with Gasteiger partial charge in [0.2, 0.25) is 11.7 Å². The van der Waals surface area contributed by atoms with Crippen LogP contribution in [-0.4, -0.2) is 57.0 Å². The van der Waals surface area contributed by atoms with Gasteiger partial charge in [-0.3, -0.25) is 9.89 Å². The number of carbonyl (C=O) groups excluding carboxylic acids is 1. The number of aliphatic hydroxyl groups excluding tert-OH is 1. The topological polar surface area (TPSA) is 128 Å². The van der Waals surface area contributed by atoms with Crippen LogP contribution in [0, 0.1) is 12.8 Å². The highest BCUT2D eigenvalue weighted by Crippen LogP contribution is 2.43. The van der Waals surface area contributed by atoms with Gasteiger partial charge in [0.15, 0.2) is 22.6 Å². The number of fused-ring (bicyclic) bond motifs is 4. The minimum absolute atomic E-state index is 0.111. The SMILES string of the molecule is COc1c(Nc2cc(C)[nH]n2)nc(Sc2ccc(NC(C)=O)cc2)nc1N1CC2CCCC1CC2O. The van der Waals surface area contributed by atoms with Gasteiger partial charge < -0.3 is 25.4 Å². The lowest BCUT2D eigenvalue weighted by Gasteiger charge is -2.40. The van der Waals surface area contributed by atoms with Crippen molar-refractivity contribution < 1.29 is 14.6 Å². The van der Waals surface area contributed by atoms with E-state index in [0.717, 1.165) is 54.3 Å². The summed E-state index contributed by atoms with van der Waals surface area (Å²) in [7, 11) is 1.63. The van der Waals surface area contributed by atoms with Crippen LogP contribution in [0.1, 0.15) is 38.3 Å². The molecule has 10 nitrogen and oxygen atoms in total. The van der Waals surface area contributed by atoms with Gasteiger partial charge in [0.1, 0.15) is 0 Å². The normalized spacial score (nSPS) is 21.2. The van der Waals surface area contributed by atoms with Crippen LogP contribution in [0.5, 0.6) is 5.75 Å². The summed E-state index contributed by atoms with van der Waals surface area (Å²) >= 11 is 1.43. The number of hydrogen-bond donors (Lipinski definition) is 4. The molecular formula is C25H31N7O3S. The Morgan fingerprint density at radius 2 is 2.06 bits per heavy atom. The molecule has 1 aromatic carbocycles. The predicted molar refractivity (Wildman–Crippen MR) is 139 cm³/mol. The first-order valence-electron chi connectivity index (χ1n) is 12.1. The number of aliphatic hydroxyl groups is 1. The molecule has 2 bridgehead atoms. The van der Waals surface area contributed by atoms with Crippen molar-refractivity contribution >= 4 is 40.8 Å². The van der Waals surface area contributed by atoms with Gasteiger partial charge in [0.05, 0.1) is 13.2 Å². The molecule has 3 unspecified atom stereocenters. The second-order valence-electron chi connectivity index (χ2n) is 9.38. The van der Waals surface area contributed by atoms with Crippen LogP contribution in [0.2, 0.25) is 0 Å². The molecule has 1 saturated carbocycles. The lowest BCUT2D eigenvalue weighted by atomic mass is 9.91. The Labute approximate surface area is 214 Å². The van der Waals surface area contributed by atoms with E-state index >= 15 is 0 Å². The Morgan fingerprint density at radius 3 is 2.75 bits per heavy atom. The zero-order valence-electron chi connectivity index (χ0n) is 20.6. The number of amides is 1. The molecule has 2 saturated heterocycles. The van der Waals surface area contributed by atoms with E-state index < -0.39 is 0 Å². The van der Waals surface area contributed by atoms with Gasteiger partial charge in [-0.05, 0) is 62.2 Å². The number of aryl methyl sites for hydroxylation is 1. The molecule has 3 atom stereocenters. The highest BCUT2D eigenvalue weighted by Gasteiger charge is 2.39. The molecule has 0 radical (unpaired) electrons. The number of piperidine rings is 1. The number of ether oxygens (including phenoxy) is 1. The number of nitrogens with zero attached hydrogens (tertiary/aromatic N) is 4. The van der Waals surface area contributed by atoms with E-state index in [4.69, 9.17) is 14.7 Å². The van der Waals surface area contributed by atoms with Crippen LogP contribution in [-0.2, 0) is 4.79 Å². The molecule has 190 valence electrons. The Balaban J connectivity index is 1.52. The van der Waals surface area contributed by atoms with Crippen LogP contribution < -0.4 is 20.3 Å². The zero-order valence-corrected chi connectivity index (χ0v) is 21.4. The molecule has 36 heavy (non-hydrogen) atoms. The first kappa shape index (κ1) is 24.4.